The topological polar surface area (TPSA) is 92.5 Å². The molecule has 27 heavy (non-hydrogen) atoms. The zero-order valence-electron chi connectivity index (χ0n) is 15.2. The van der Waals surface area contributed by atoms with Gasteiger partial charge in [-0.15, -0.1) is 0 Å². The molecule has 1 aromatic carbocycles. The Morgan fingerprint density at radius 2 is 1.96 bits per heavy atom. The van der Waals surface area contributed by atoms with Crippen LogP contribution in [0.3, 0.4) is 0 Å². The zero-order chi connectivity index (χ0) is 19.0. The third-order valence-corrected chi connectivity index (χ3v) is 7.27. The van der Waals surface area contributed by atoms with Crippen LogP contribution >= 0.6 is 0 Å². The second-order valence-corrected chi connectivity index (χ2v) is 9.25. The van der Waals surface area contributed by atoms with Crippen LogP contribution in [0.15, 0.2) is 45.8 Å². The number of sulfonamides is 1. The van der Waals surface area contributed by atoms with Crippen molar-refractivity contribution >= 4 is 15.9 Å². The molecule has 144 valence electrons. The van der Waals surface area contributed by atoms with Gasteiger partial charge in [0.05, 0.1) is 4.90 Å². The van der Waals surface area contributed by atoms with Crippen molar-refractivity contribution in [3.05, 3.63) is 47.9 Å². The number of hydrogen-bond acceptors (Lipinski definition) is 5. The fraction of sp³-hybridized carbons (Fsp3) is 0.474. The molecular formula is C19H23N3O4S. The smallest absolute Gasteiger partial charge is 0.273 e. The summed E-state index contributed by atoms with van der Waals surface area (Å²) in [6.45, 7) is 2.25. The number of aromatic nitrogens is 1. The molecule has 0 spiro atoms. The van der Waals surface area contributed by atoms with Gasteiger partial charge in [0.1, 0.15) is 5.76 Å². The Kier molecular flexibility index (Phi) is 4.77. The van der Waals surface area contributed by atoms with Gasteiger partial charge in [-0.05, 0) is 44.7 Å². The summed E-state index contributed by atoms with van der Waals surface area (Å²) in [5, 5.41) is 6.83. The highest BCUT2D eigenvalue weighted by Crippen LogP contribution is 2.40. The van der Waals surface area contributed by atoms with Crippen molar-refractivity contribution in [2.75, 3.05) is 6.54 Å². The first kappa shape index (κ1) is 18.2. The minimum Gasteiger partial charge on any atom is -0.360 e. The van der Waals surface area contributed by atoms with Crippen LogP contribution in [0.5, 0.6) is 0 Å². The first-order valence-electron chi connectivity index (χ1n) is 9.29. The van der Waals surface area contributed by atoms with Gasteiger partial charge in [0.25, 0.3) is 5.91 Å². The van der Waals surface area contributed by atoms with Gasteiger partial charge >= 0.3 is 0 Å². The molecule has 4 rings (SSSR count). The molecule has 2 fully saturated rings. The van der Waals surface area contributed by atoms with Gasteiger partial charge in [0, 0.05) is 30.6 Å². The maximum Gasteiger partial charge on any atom is 0.273 e. The fourth-order valence-corrected chi connectivity index (χ4v) is 5.26. The van der Waals surface area contributed by atoms with Crippen molar-refractivity contribution in [3.63, 3.8) is 0 Å². The summed E-state index contributed by atoms with van der Waals surface area (Å²) in [5.41, 5.74) is 0.295. The van der Waals surface area contributed by atoms with E-state index >= 15 is 0 Å². The molecule has 1 N–H and O–H groups in total. The highest BCUT2D eigenvalue weighted by molar-refractivity contribution is 7.89. The Labute approximate surface area is 158 Å². The Hall–Kier alpha value is -2.19. The molecule has 1 saturated heterocycles. The molecule has 2 aliphatic rings. The SMILES string of the molecule is C[C@@H]1C[C@@H](NC(=O)c2cc(C3CC3)on2)CCN1S(=O)(=O)c1ccccc1. The summed E-state index contributed by atoms with van der Waals surface area (Å²) in [4.78, 5) is 12.7. The largest absolute Gasteiger partial charge is 0.360 e. The summed E-state index contributed by atoms with van der Waals surface area (Å²) < 4.78 is 32.4. The Morgan fingerprint density at radius 1 is 1.22 bits per heavy atom. The second kappa shape index (κ2) is 7.09. The second-order valence-electron chi connectivity index (χ2n) is 7.36. The number of carbonyl (C=O) groups excluding carboxylic acids is 1. The van der Waals surface area contributed by atoms with E-state index in [0.29, 0.717) is 35.9 Å². The minimum atomic E-state index is -3.52. The van der Waals surface area contributed by atoms with E-state index in [1.165, 1.54) is 4.31 Å². The van der Waals surface area contributed by atoms with E-state index in [1.54, 1.807) is 36.4 Å². The number of hydrogen-bond donors (Lipinski definition) is 1. The van der Waals surface area contributed by atoms with Gasteiger partial charge in [0.15, 0.2) is 5.69 Å². The molecule has 1 aliphatic carbocycles. The molecule has 1 aromatic heterocycles. The Bertz CT molecular complexity index is 921. The van der Waals surface area contributed by atoms with Crippen molar-refractivity contribution in [1.82, 2.24) is 14.8 Å². The van der Waals surface area contributed by atoms with Gasteiger partial charge in [-0.25, -0.2) is 8.42 Å². The molecule has 0 unspecified atom stereocenters. The Balaban J connectivity index is 1.38. The molecule has 2 heterocycles. The first-order valence-corrected chi connectivity index (χ1v) is 10.7. The number of nitrogens with one attached hydrogen (secondary N) is 1. The number of benzene rings is 1. The molecule has 7 nitrogen and oxygen atoms in total. The molecule has 0 bridgehead atoms. The van der Waals surface area contributed by atoms with E-state index in [1.807, 2.05) is 6.92 Å². The van der Waals surface area contributed by atoms with Gasteiger partial charge in [-0.2, -0.15) is 4.31 Å². The number of nitrogens with zero attached hydrogens (tertiary/aromatic N) is 2. The lowest BCUT2D eigenvalue weighted by molar-refractivity contribution is 0.0905. The first-order chi connectivity index (χ1) is 12.9. The molecule has 2 atom stereocenters. The van der Waals surface area contributed by atoms with Crippen LogP contribution in [0.2, 0.25) is 0 Å². The van der Waals surface area contributed by atoms with E-state index in [0.717, 1.165) is 18.6 Å². The van der Waals surface area contributed by atoms with E-state index in [2.05, 4.69) is 10.5 Å². The molecule has 0 radical (unpaired) electrons. The van der Waals surface area contributed by atoms with Crippen molar-refractivity contribution in [2.45, 2.75) is 55.5 Å². The summed E-state index contributed by atoms with van der Waals surface area (Å²) >= 11 is 0. The monoisotopic (exact) mass is 389 g/mol. The van der Waals surface area contributed by atoms with Crippen LogP contribution in [-0.2, 0) is 10.0 Å². The standard InChI is InChI=1S/C19H23N3O4S/c1-13-11-15(20-19(23)17-12-18(26-21-17)14-7-8-14)9-10-22(13)27(24,25)16-5-3-2-4-6-16/h2-6,12-15H,7-11H2,1H3,(H,20,23)/t13-,15+/m1/s1. The maximum absolute atomic E-state index is 12.8. The van der Waals surface area contributed by atoms with Crippen LogP contribution in [0.25, 0.3) is 0 Å². The fourth-order valence-electron chi connectivity index (χ4n) is 3.58. The number of amides is 1. The molecule has 2 aromatic rings. The minimum absolute atomic E-state index is 0.0872. The predicted molar refractivity (Wildman–Crippen MR) is 98.8 cm³/mol. The normalized spacial score (nSPS) is 23.9. The summed E-state index contributed by atoms with van der Waals surface area (Å²) in [6, 6.07) is 9.88. The van der Waals surface area contributed by atoms with E-state index in [-0.39, 0.29) is 18.0 Å². The molecular weight excluding hydrogens is 366 g/mol. The average Bonchev–Trinajstić information content (AvgIpc) is 3.39. The van der Waals surface area contributed by atoms with Gasteiger partial charge in [0.2, 0.25) is 10.0 Å². The lowest BCUT2D eigenvalue weighted by Gasteiger charge is -2.36. The van der Waals surface area contributed by atoms with Gasteiger partial charge in [-0.1, -0.05) is 23.4 Å². The van der Waals surface area contributed by atoms with Crippen LogP contribution < -0.4 is 5.32 Å². The van der Waals surface area contributed by atoms with Gasteiger partial charge < -0.3 is 9.84 Å². The molecule has 1 amide bonds. The summed E-state index contributed by atoms with van der Waals surface area (Å²) in [6.07, 6.45) is 3.30. The van der Waals surface area contributed by atoms with Crippen LogP contribution in [0.4, 0.5) is 0 Å². The molecule has 1 saturated carbocycles. The number of carbonyl (C=O) groups is 1. The van der Waals surface area contributed by atoms with Crippen molar-refractivity contribution in [3.8, 4) is 0 Å². The van der Waals surface area contributed by atoms with Crippen molar-refractivity contribution < 1.29 is 17.7 Å². The highest BCUT2D eigenvalue weighted by Gasteiger charge is 2.35. The quantitative estimate of drug-likeness (QED) is 0.848. The van der Waals surface area contributed by atoms with Gasteiger partial charge in [-0.3, -0.25) is 4.79 Å². The summed E-state index contributed by atoms with van der Waals surface area (Å²) in [5.74, 6) is 0.921. The lowest BCUT2D eigenvalue weighted by Crippen LogP contribution is -2.50. The maximum atomic E-state index is 12.8. The third-order valence-electron chi connectivity index (χ3n) is 5.24. The van der Waals surface area contributed by atoms with E-state index in [9.17, 15) is 13.2 Å². The summed E-state index contributed by atoms with van der Waals surface area (Å²) in [7, 11) is -3.52. The third kappa shape index (κ3) is 3.77. The lowest BCUT2D eigenvalue weighted by atomic mass is 10.0. The average molecular weight is 389 g/mol. The van der Waals surface area contributed by atoms with Crippen LogP contribution in [0.1, 0.15) is 54.8 Å². The van der Waals surface area contributed by atoms with Crippen LogP contribution in [0, 0.1) is 0 Å². The Morgan fingerprint density at radius 3 is 2.63 bits per heavy atom. The zero-order valence-corrected chi connectivity index (χ0v) is 16.0. The van der Waals surface area contributed by atoms with E-state index < -0.39 is 10.0 Å². The molecule has 1 aliphatic heterocycles. The number of piperidine rings is 1. The molecule has 8 heteroatoms. The van der Waals surface area contributed by atoms with Crippen molar-refractivity contribution in [1.29, 1.82) is 0 Å². The number of rotatable bonds is 5. The predicted octanol–water partition coefficient (Wildman–Crippen LogP) is 2.52. The van der Waals surface area contributed by atoms with Crippen LogP contribution in [-0.4, -0.2) is 42.4 Å². The van der Waals surface area contributed by atoms with E-state index in [4.69, 9.17) is 4.52 Å². The highest BCUT2D eigenvalue weighted by atomic mass is 32.2. The van der Waals surface area contributed by atoms with Crippen molar-refractivity contribution in [2.24, 2.45) is 0 Å².